The van der Waals surface area contributed by atoms with Gasteiger partial charge in [0.25, 0.3) is 0 Å². The predicted molar refractivity (Wildman–Crippen MR) is 104 cm³/mol. The number of hydrogen-bond donors (Lipinski definition) is 1. The van der Waals surface area contributed by atoms with Crippen molar-refractivity contribution in [2.75, 3.05) is 23.9 Å². The quantitative estimate of drug-likeness (QED) is 0.662. The van der Waals surface area contributed by atoms with E-state index in [1.165, 1.54) is 18.4 Å². The van der Waals surface area contributed by atoms with Crippen LogP contribution in [0.3, 0.4) is 0 Å². The van der Waals surface area contributed by atoms with Crippen molar-refractivity contribution in [1.82, 2.24) is 24.7 Å². The number of methoxy groups -OCH3 is 1. The van der Waals surface area contributed by atoms with Gasteiger partial charge in [0.15, 0.2) is 5.82 Å². The zero-order chi connectivity index (χ0) is 21.5. The summed E-state index contributed by atoms with van der Waals surface area (Å²) in [6, 6.07) is 1.99. The van der Waals surface area contributed by atoms with E-state index in [9.17, 15) is 18.0 Å². The fourth-order valence-electron chi connectivity index (χ4n) is 3.31. The third-order valence-electron chi connectivity index (χ3n) is 4.63. The summed E-state index contributed by atoms with van der Waals surface area (Å²) in [7, 11) is 1.23. The Morgan fingerprint density at radius 3 is 2.80 bits per heavy atom. The van der Waals surface area contributed by atoms with E-state index in [0.29, 0.717) is 10.6 Å². The molecule has 0 bridgehead atoms. The number of hydrogen-bond acceptors (Lipinski definition) is 8. The lowest BCUT2D eigenvalue weighted by atomic mass is 10.2. The molecule has 4 heterocycles. The monoisotopic (exact) mass is 441 g/mol. The molecule has 0 atom stereocenters. The summed E-state index contributed by atoms with van der Waals surface area (Å²) >= 11 is 1.49. The molecule has 0 saturated carbocycles. The molecule has 0 unspecified atom stereocenters. The van der Waals surface area contributed by atoms with Gasteiger partial charge in [0, 0.05) is 18.0 Å². The number of rotatable bonds is 4. The number of anilines is 2. The van der Waals surface area contributed by atoms with Crippen LogP contribution in [0, 0.1) is 0 Å². The highest BCUT2D eigenvalue weighted by Crippen LogP contribution is 2.35. The lowest BCUT2D eigenvalue weighted by Crippen LogP contribution is -2.36. The molecule has 160 valence electrons. The van der Waals surface area contributed by atoms with Crippen LogP contribution in [0.4, 0.5) is 29.7 Å². The Hall–Kier alpha value is -2.96. The Morgan fingerprint density at radius 2 is 2.10 bits per heavy atom. The van der Waals surface area contributed by atoms with Gasteiger partial charge in [-0.3, -0.25) is 5.32 Å². The van der Waals surface area contributed by atoms with E-state index >= 15 is 0 Å². The topological polar surface area (TPSA) is 98.1 Å². The maximum Gasteiger partial charge on any atom is 0.451 e. The molecule has 0 aliphatic carbocycles. The number of alkyl halides is 3. The van der Waals surface area contributed by atoms with Crippen molar-refractivity contribution in [2.24, 2.45) is 0 Å². The second kappa shape index (κ2) is 7.70. The minimum Gasteiger partial charge on any atom is -0.453 e. The predicted octanol–water partition coefficient (Wildman–Crippen LogP) is 3.45. The number of aryl methyl sites for hydroxylation is 1. The molecule has 1 N–H and O–H groups in total. The first-order valence-corrected chi connectivity index (χ1v) is 10.0. The zero-order valence-electron chi connectivity index (χ0n) is 16.2. The molecule has 0 fully saturated rings. The number of carbonyl (C=O) groups excluding carboxylic acids is 1. The van der Waals surface area contributed by atoms with Crippen LogP contribution in [-0.4, -0.2) is 44.5 Å². The van der Waals surface area contributed by atoms with Gasteiger partial charge >= 0.3 is 12.3 Å². The number of carbonyl (C=O) groups is 1. The van der Waals surface area contributed by atoms with Gasteiger partial charge in [-0.25, -0.2) is 9.78 Å². The molecule has 1 aliphatic rings. The van der Waals surface area contributed by atoms with Crippen molar-refractivity contribution < 1.29 is 22.7 Å². The van der Waals surface area contributed by atoms with Crippen molar-refractivity contribution in [3.05, 3.63) is 22.6 Å². The molecular weight excluding hydrogens is 423 g/mol. The highest BCUT2D eigenvalue weighted by Gasteiger charge is 2.39. The van der Waals surface area contributed by atoms with E-state index in [-0.39, 0.29) is 31.4 Å². The smallest absolute Gasteiger partial charge is 0.451 e. The number of halogens is 3. The van der Waals surface area contributed by atoms with E-state index in [0.717, 1.165) is 27.7 Å². The normalized spacial score (nSPS) is 14.1. The summed E-state index contributed by atoms with van der Waals surface area (Å²) in [6.45, 7) is 2.51. The molecule has 13 heteroatoms. The van der Waals surface area contributed by atoms with E-state index in [4.69, 9.17) is 0 Å². The Labute approximate surface area is 172 Å². The van der Waals surface area contributed by atoms with E-state index < -0.39 is 18.1 Å². The van der Waals surface area contributed by atoms with E-state index in [1.807, 2.05) is 11.0 Å². The van der Waals surface area contributed by atoms with Gasteiger partial charge in [-0.2, -0.15) is 18.2 Å². The van der Waals surface area contributed by atoms with Crippen LogP contribution < -0.4 is 10.2 Å². The van der Waals surface area contributed by atoms with Crippen LogP contribution >= 0.6 is 11.3 Å². The van der Waals surface area contributed by atoms with Gasteiger partial charge in [0.05, 0.1) is 19.0 Å². The third kappa shape index (κ3) is 3.76. The molecule has 0 aromatic carbocycles. The Morgan fingerprint density at radius 1 is 1.30 bits per heavy atom. The van der Waals surface area contributed by atoms with Crippen LogP contribution in [0.1, 0.15) is 29.9 Å². The van der Waals surface area contributed by atoms with Gasteiger partial charge in [0.1, 0.15) is 10.6 Å². The lowest BCUT2D eigenvalue weighted by Gasteiger charge is -2.29. The third-order valence-corrected chi connectivity index (χ3v) is 5.71. The van der Waals surface area contributed by atoms with E-state index in [1.54, 1.807) is 0 Å². The van der Waals surface area contributed by atoms with Crippen LogP contribution in [-0.2, 0) is 30.4 Å². The van der Waals surface area contributed by atoms with Gasteiger partial charge in [-0.15, -0.1) is 21.5 Å². The fourth-order valence-corrected chi connectivity index (χ4v) is 4.44. The zero-order valence-corrected chi connectivity index (χ0v) is 17.0. The number of aromatic nitrogens is 5. The van der Waals surface area contributed by atoms with Crippen LogP contribution in [0.5, 0.6) is 0 Å². The maximum absolute atomic E-state index is 13.1. The number of thiophene rings is 1. The van der Waals surface area contributed by atoms with Gasteiger partial charge in [-0.1, -0.05) is 13.3 Å². The number of nitrogens with zero attached hydrogens (tertiary/aromatic N) is 6. The minimum absolute atomic E-state index is 0.0639. The highest BCUT2D eigenvalue weighted by molar-refractivity contribution is 7.18. The largest absolute Gasteiger partial charge is 0.453 e. The van der Waals surface area contributed by atoms with Gasteiger partial charge in [0.2, 0.25) is 11.8 Å². The minimum atomic E-state index is -4.56. The molecule has 9 nitrogen and oxygen atoms in total. The molecule has 0 spiro atoms. The van der Waals surface area contributed by atoms with Crippen molar-refractivity contribution in [3.8, 4) is 0 Å². The average Bonchev–Trinajstić information content (AvgIpc) is 3.30. The second-order valence-electron chi connectivity index (χ2n) is 6.68. The number of fused-ring (bicyclic) bond motifs is 2. The highest BCUT2D eigenvalue weighted by atomic mass is 32.1. The number of amides is 1. The molecular formula is C17H18F3N7O2S. The molecule has 3 aromatic rings. The van der Waals surface area contributed by atoms with Crippen LogP contribution in [0.25, 0.3) is 10.2 Å². The Bertz CT molecular complexity index is 1100. The first-order chi connectivity index (χ1) is 14.3. The van der Waals surface area contributed by atoms with Gasteiger partial charge in [-0.05, 0) is 12.5 Å². The lowest BCUT2D eigenvalue weighted by molar-refractivity contribution is -0.147. The Balaban J connectivity index is 1.73. The molecule has 0 radical (unpaired) electrons. The summed E-state index contributed by atoms with van der Waals surface area (Å²) in [6.07, 6.45) is -3.45. The second-order valence-corrected chi connectivity index (χ2v) is 7.79. The molecule has 1 amide bonds. The molecule has 4 rings (SSSR count). The van der Waals surface area contributed by atoms with Crippen LogP contribution in [0.2, 0.25) is 0 Å². The molecule has 0 saturated heterocycles. The summed E-state index contributed by atoms with van der Waals surface area (Å²) in [5.74, 6) is -0.212. The average molecular weight is 441 g/mol. The SMILES string of the molecule is CCCc1cc2c(N3CCn4c(nnc4C(F)(F)F)C3)nc(NC(=O)OC)nc2s1. The first kappa shape index (κ1) is 20.3. The summed E-state index contributed by atoms with van der Waals surface area (Å²) < 4.78 is 45.0. The summed E-state index contributed by atoms with van der Waals surface area (Å²) in [4.78, 5) is 24.1. The fraction of sp³-hybridized carbons (Fsp3) is 0.471. The van der Waals surface area contributed by atoms with Crippen LogP contribution in [0.15, 0.2) is 6.07 Å². The number of nitrogens with one attached hydrogen (secondary N) is 1. The molecule has 3 aromatic heterocycles. The van der Waals surface area contributed by atoms with Crippen molar-refractivity contribution in [2.45, 2.75) is 39.0 Å². The number of ether oxygens (including phenoxy) is 1. The van der Waals surface area contributed by atoms with E-state index in [2.05, 4.69) is 37.1 Å². The van der Waals surface area contributed by atoms with Crippen molar-refractivity contribution >= 4 is 39.4 Å². The van der Waals surface area contributed by atoms with Gasteiger partial charge < -0.3 is 14.2 Å². The first-order valence-electron chi connectivity index (χ1n) is 9.19. The molecule has 30 heavy (non-hydrogen) atoms. The Kier molecular flexibility index (Phi) is 5.22. The van der Waals surface area contributed by atoms with Crippen molar-refractivity contribution in [3.63, 3.8) is 0 Å². The molecule has 1 aliphatic heterocycles. The maximum atomic E-state index is 13.1. The standard InChI is InChI=1S/C17H18F3N7O2S/c1-3-4-9-7-10-12(21-15(22-13(10)30-9)23-16(28)29-2)26-5-6-27-11(8-26)24-25-14(27)17(18,19)20/h7H,3-6,8H2,1-2H3,(H,21,22,23,28). The van der Waals surface area contributed by atoms with Crippen molar-refractivity contribution in [1.29, 1.82) is 0 Å². The summed E-state index contributed by atoms with van der Waals surface area (Å²) in [5, 5.41) is 10.3. The summed E-state index contributed by atoms with van der Waals surface area (Å²) in [5.41, 5.74) is 0.